The number of aromatic hydroxyl groups is 1. The molecule has 3 N–H and O–H groups in total. The molecule has 130 valence electrons. The standard InChI is InChI=1S/C21H16FNO3/c22-16-8-10-17(11-9-16)23-19-13-14(6-12-18(19)21(25)26)5-7-15-3-1-2-4-20(15)24/h1-13,23-24H,(H,25,26)/b7-5+. The predicted molar refractivity (Wildman–Crippen MR) is 100 cm³/mol. The van der Waals surface area contributed by atoms with E-state index in [1.165, 1.54) is 30.3 Å². The number of aromatic carboxylic acids is 1. The molecule has 0 saturated heterocycles. The Morgan fingerprint density at radius 3 is 2.38 bits per heavy atom. The lowest BCUT2D eigenvalue weighted by molar-refractivity contribution is 0.0698. The van der Waals surface area contributed by atoms with E-state index in [1.807, 2.05) is 6.07 Å². The van der Waals surface area contributed by atoms with E-state index in [4.69, 9.17) is 0 Å². The largest absolute Gasteiger partial charge is 0.507 e. The van der Waals surface area contributed by atoms with Crippen LogP contribution in [0.15, 0.2) is 66.7 Å². The zero-order chi connectivity index (χ0) is 18.5. The summed E-state index contributed by atoms with van der Waals surface area (Å²) in [6.45, 7) is 0. The maximum absolute atomic E-state index is 13.0. The van der Waals surface area contributed by atoms with Crippen LogP contribution < -0.4 is 5.32 Å². The molecule has 0 aliphatic heterocycles. The fraction of sp³-hybridized carbons (Fsp3) is 0. The van der Waals surface area contributed by atoms with Crippen molar-refractivity contribution in [2.24, 2.45) is 0 Å². The highest BCUT2D eigenvalue weighted by atomic mass is 19.1. The first-order valence-corrected chi connectivity index (χ1v) is 7.89. The number of rotatable bonds is 5. The van der Waals surface area contributed by atoms with Crippen molar-refractivity contribution in [2.45, 2.75) is 0 Å². The normalized spacial score (nSPS) is 10.8. The molecule has 0 radical (unpaired) electrons. The molecule has 0 amide bonds. The zero-order valence-electron chi connectivity index (χ0n) is 13.7. The fourth-order valence-electron chi connectivity index (χ4n) is 2.46. The van der Waals surface area contributed by atoms with Crippen LogP contribution in [-0.2, 0) is 0 Å². The van der Waals surface area contributed by atoms with Gasteiger partial charge in [-0.2, -0.15) is 0 Å². The summed E-state index contributed by atoms with van der Waals surface area (Å²) in [5.74, 6) is -1.27. The van der Waals surface area contributed by atoms with Gasteiger partial charge in [-0.05, 0) is 48.0 Å². The number of para-hydroxylation sites is 1. The van der Waals surface area contributed by atoms with E-state index in [0.717, 1.165) is 5.56 Å². The Balaban J connectivity index is 1.92. The SMILES string of the molecule is O=C(O)c1ccc(/C=C/c2ccccc2O)cc1Nc1ccc(F)cc1. The van der Waals surface area contributed by atoms with Crippen LogP contribution in [0.3, 0.4) is 0 Å². The third kappa shape index (κ3) is 4.08. The Bertz CT molecular complexity index is 965. The fourth-order valence-corrected chi connectivity index (χ4v) is 2.46. The van der Waals surface area contributed by atoms with Gasteiger partial charge in [0.2, 0.25) is 0 Å². The van der Waals surface area contributed by atoms with Crippen LogP contribution in [0.5, 0.6) is 5.75 Å². The summed E-state index contributed by atoms with van der Waals surface area (Å²) >= 11 is 0. The minimum absolute atomic E-state index is 0.106. The molecule has 0 heterocycles. The summed E-state index contributed by atoms with van der Waals surface area (Å²) in [4.78, 5) is 11.5. The first kappa shape index (κ1) is 17.2. The first-order chi connectivity index (χ1) is 12.5. The van der Waals surface area contributed by atoms with E-state index in [2.05, 4.69) is 5.32 Å². The predicted octanol–water partition coefficient (Wildman–Crippen LogP) is 5.14. The van der Waals surface area contributed by atoms with Gasteiger partial charge in [0.15, 0.2) is 0 Å². The molecule has 3 rings (SSSR count). The van der Waals surface area contributed by atoms with Gasteiger partial charge < -0.3 is 15.5 Å². The maximum atomic E-state index is 13.0. The van der Waals surface area contributed by atoms with Crippen LogP contribution in [0.4, 0.5) is 15.8 Å². The van der Waals surface area contributed by atoms with Crippen molar-refractivity contribution in [2.75, 3.05) is 5.32 Å². The Morgan fingerprint density at radius 1 is 0.962 bits per heavy atom. The summed E-state index contributed by atoms with van der Waals surface area (Å²) in [6.07, 6.45) is 3.52. The highest BCUT2D eigenvalue weighted by Gasteiger charge is 2.10. The van der Waals surface area contributed by atoms with Crippen LogP contribution in [0, 0.1) is 5.82 Å². The molecule has 0 aliphatic rings. The maximum Gasteiger partial charge on any atom is 0.337 e. The number of phenolic OH excluding ortho intramolecular Hbond substituents is 1. The van der Waals surface area contributed by atoms with Gasteiger partial charge in [0.25, 0.3) is 0 Å². The second kappa shape index (κ2) is 7.53. The number of carboxylic acids is 1. The number of hydrogen-bond donors (Lipinski definition) is 3. The molecule has 26 heavy (non-hydrogen) atoms. The molecule has 0 atom stereocenters. The molecule has 0 fully saturated rings. The summed E-state index contributed by atoms with van der Waals surface area (Å²) in [5.41, 5.74) is 2.49. The van der Waals surface area contributed by atoms with Crippen molar-refractivity contribution in [3.8, 4) is 5.75 Å². The molecule has 0 aromatic heterocycles. The molecule has 3 aromatic rings. The lowest BCUT2D eigenvalue weighted by Gasteiger charge is -2.11. The molecule has 0 spiro atoms. The topological polar surface area (TPSA) is 69.6 Å². The van der Waals surface area contributed by atoms with Gasteiger partial charge in [0.1, 0.15) is 11.6 Å². The summed E-state index contributed by atoms with van der Waals surface area (Å²) in [6, 6.07) is 17.4. The second-order valence-electron chi connectivity index (χ2n) is 5.63. The Labute approximate surface area is 149 Å². The Morgan fingerprint density at radius 2 is 1.69 bits per heavy atom. The van der Waals surface area contributed by atoms with Crippen LogP contribution in [0.1, 0.15) is 21.5 Å². The van der Waals surface area contributed by atoms with Gasteiger partial charge in [-0.3, -0.25) is 0 Å². The zero-order valence-corrected chi connectivity index (χ0v) is 13.7. The van der Waals surface area contributed by atoms with Gasteiger partial charge in [0.05, 0.1) is 11.3 Å². The van der Waals surface area contributed by atoms with Crippen molar-refractivity contribution < 1.29 is 19.4 Å². The molecule has 3 aromatic carbocycles. The molecule has 0 aliphatic carbocycles. The van der Waals surface area contributed by atoms with Gasteiger partial charge >= 0.3 is 5.97 Å². The van der Waals surface area contributed by atoms with Crippen molar-refractivity contribution in [3.05, 3.63) is 89.2 Å². The molecule has 0 saturated carbocycles. The number of phenols is 1. The van der Waals surface area contributed by atoms with Crippen LogP contribution in [0.25, 0.3) is 12.2 Å². The van der Waals surface area contributed by atoms with Crippen molar-refractivity contribution in [3.63, 3.8) is 0 Å². The van der Waals surface area contributed by atoms with E-state index in [9.17, 15) is 19.4 Å². The van der Waals surface area contributed by atoms with Crippen molar-refractivity contribution in [1.82, 2.24) is 0 Å². The Kier molecular flexibility index (Phi) is 4.99. The molecule has 0 unspecified atom stereocenters. The van der Waals surface area contributed by atoms with Gasteiger partial charge in [-0.25, -0.2) is 9.18 Å². The molecule has 4 nitrogen and oxygen atoms in total. The average Bonchev–Trinajstić information content (AvgIpc) is 2.63. The highest BCUT2D eigenvalue weighted by Crippen LogP contribution is 2.25. The van der Waals surface area contributed by atoms with E-state index in [-0.39, 0.29) is 17.1 Å². The van der Waals surface area contributed by atoms with Crippen LogP contribution in [-0.4, -0.2) is 16.2 Å². The quantitative estimate of drug-likeness (QED) is 0.558. The van der Waals surface area contributed by atoms with Gasteiger partial charge in [0, 0.05) is 11.3 Å². The number of benzene rings is 3. The van der Waals surface area contributed by atoms with Gasteiger partial charge in [-0.15, -0.1) is 0 Å². The second-order valence-corrected chi connectivity index (χ2v) is 5.63. The number of carboxylic acid groups (broad SMARTS) is 1. The minimum atomic E-state index is -1.06. The number of nitrogens with one attached hydrogen (secondary N) is 1. The summed E-state index contributed by atoms with van der Waals surface area (Å²) in [7, 11) is 0. The lowest BCUT2D eigenvalue weighted by atomic mass is 10.1. The average molecular weight is 349 g/mol. The van der Waals surface area contributed by atoms with Crippen LogP contribution >= 0.6 is 0 Å². The smallest absolute Gasteiger partial charge is 0.337 e. The molecule has 0 bridgehead atoms. The molecular formula is C21H16FNO3. The number of carbonyl (C=O) groups is 1. The van der Waals surface area contributed by atoms with Crippen molar-refractivity contribution >= 4 is 29.5 Å². The minimum Gasteiger partial charge on any atom is -0.507 e. The highest BCUT2D eigenvalue weighted by molar-refractivity contribution is 5.96. The van der Waals surface area contributed by atoms with Crippen molar-refractivity contribution in [1.29, 1.82) is 0 Å². The first-order valence-electron chi connectivity index (χ1n) is 7.89. The van der Waals surface area contributed by atoms with Gasteiger partial charge in [-0.1, -0.05) is 36.4 Å². The third-order valence-corrected chi connectivity index (χ3v) is 3.79. The summed E-state index contributed by atoms with van der Waals surface area (Å²) < 4.78 is 13.0. The number of hydrogen-bond acceptors (Lipinski definition) is 3. The summed E-state index contributed by atoms with van der Waals surface area (Å²) in [5, 5.41) is 22.2. The van der Waals surface area contributed by atoms with E-state index < -0.39 is 5.97 Å². The Hall–Kier alpha value is -3.60. The number of anilines is 2. The third-order valence-electron chi connectivity index (χ3n) is 3.79. The molecular weight excluding hydrogens is 333 g/mol. The number of halogens is 1. The van der Waals surface area contributed by atoms with E-state index in [1.54, 1.807) is 42.5 Å². The molecule has 5 heteroatoms. The van der Waals surface area contributed by atoms with E-state index in [0.29, 0.717) is 16.9 Å². The van der Waals surface area contributed by atoms with E-state index >= 15 is 0 Å². The lowest BCUT2D eigenvalue weighted by Crippen LogP contribution is -2.03. The van der Waals surface area contributed by atoms with Crippen LogP contribution in [0.2, 0.25) is 0 Å². The monoisotopic (exact) mass is 349 g/mol.